The van der Waals surface area contributed by atoms with Crippen LogP contribution in [0.5, 0.6) is 0 Å². The summed E-state index contributed by atoms with van der Waals surface area (Å²) in [7, 11) is 1.89. The molecule has 0 atom stereocenters. The smallest absolute Gasteiger partial charge is 0.228 e. The van der Waals surface area contributed by atoms with Crippen molar-refractivity contribution >= 4 is 17.2 Å². The average molecular weight is 305 g/mol. The summed E-state index contributed by atoms with van der Waals surface area (Å²) in [6.45, 7) is 2.84. The van der Waals surface area contributed by atoms with Crippen molar-refractivity contribution in [3.63, 3.8) is 0 Å². The lowest BCUT2D eigenvalue weighted by Crippen LogP contribution is -2.38. The quantitative estimate of drug-likeness (QED) is 0.869. The number of amides is 1. The standard InChI is InChI=1S/C17H23NO2S/c1-17(8-4-5-9-17)16(20)18(2)12-14-11-15(21-13-14)7-3-6-10-19/h11,13,19H,4-6,8-10,12H2,1-2H3. The zero-order valence-corrected chi connectivity index (χ0v) is 13.6. The number of hydrogen-bond donors (Lipinski definition) is 1. The fraction of sp³-hybridized carbons (Fsp3) is 0.588. The summed E-state index contributed by atoms with van der Waals surface area (Å²) in [6, 6.07) is 2.04. The maximum atomic E-state index is 12.6. The molecule has 1 aromatic rings. The first-order valence-corrected chi connectivity index (χ1v) is 8.36. The van der Waals surface area contributed by atoms with Crippen LogP contribution in [-0.2, 0) is 11.3 Å². The highest BCUT2D eigenvalue weighted by Crippen LogP contribution is 2.39. The molecule has 1 fully saturated rings. The SMILES string of the molecule is CN(Cc1csc(C#CCCO)c1)C(=O)C1(C)CCCC1. The molecule has 2 rings (SSSR count). The van der Waals surface area contributed by atoms with E-state index in [1.54, 1.807) is 11.3 Å². The second-order valence-electron chi connectivity index (χ2n) is 6.02. The molecule has 1 amide bonds. The van der Waals surface area contributed by atoms with Gasteiger partial charge in [-0.15, -0.1) is 11.3 Å². The molecule has 0 aliphatic heterocycles. The molecule has 4 heteroatoms. The zero-order valence-electron chi connectivity index (χ0n) is 12.8. The minimum atomic E-state index is -0.158. The van der Waals surface area contributed by atoms with Gasteiger partial charge in [-0.1, -0.05) is 31.6 Å². The van der Waals surface area contributed by atoms with E-state index in [1.165, 1.54) is 12.8 Å². The van der Waals surface area contributed by atoms with Crippen molar-refractivity contribution in [2.45, 2.75) is 45.6 Å². The Kier molecular flexibility index (Phi) is 5.44. The Hall–Kier alpha value is -1.31. The molecular weight excluding hydrogens is 282 g/mol. The molecule has 0 saturated heterocycles. The number of aliphatic hydroxyl groups excluding tert-OH is 1. The third kappa shape index (κ3) is 4.09. The first-order chi connectivity index (χ1) is 10.0. The third-order valence-corrected chi connectivity index (χ3v) is 4.99. The molecule has 114 valence electrons. The van der Waals surface area contributed by atoms with Crippen molar-refractivity contribution < 1.29 is 9.90 Å². The highest BCUT2D eigenvalue weighted by Gasteiger charge is 2.37. The van der Waals surface area contributed by atoms with Crippen LogP contribution >= 0.6 is 11.3 Å². The van der Waals surface area contributed by atoms with Gasteiger partial charge in [0.1, 0.15) is 0 Å². The molecule has 0 aromatic carbocycles. The summed E-state index contributed by atoms with van der Waals surface area (Å²) in [6.07, 6.45) is 4.86. The minimum absolute atomic E-state index is 0.0983. The van der Waals surface area contributed by atoms with Gasteiger partial charge in [-0.2, -0.15) is 0 Å². The number of rotatable bonds is 4. The van der Waals surface area contributed by atoms with Gasteiger partial charge in [0.2, 0.25) is 5.91 Å². The van der Waals surface area contributed by atoms with E-state index in [1.807, 2.05) is 18.0 Å². The molecule has 1 saturated carbocycles. The van der Waals surface area contributed by atoms with E-state index in [4.69, 9.17) is 5.11 Å². The number of aliphatic hydroxyl groups is 1. The summed E-state index contributed by atoms with van der Waals surface area (Å²) < 4.78 is 0. The van der Waals surface area contributed by atoms with Gasteiger partial charge in [-0.25, -0.2) is 0 Å². The monoisotopic (exact) mass is 305 g/mol. The van der Waals surface area contributed by atoms with Crippen molar-refractivity contribution in [3.8, 4) is 11.8 Å². The van der Waals surface area contributed by atoms with E-state index in [-0.39, 0.29) is 17.9 Å². The highest BCUT2D eigenvalue weighted by atomic mass is 32.1. The summed E-state index contributed by atoms with van der Waals surface area (Å²) in [5, 5.41) is 10.8. The van der Waals surface area contributed by atoms with E-state index < -0.39 is 0 Å². The fourth-order valence-electron chi connectivity index (χ4n) is 2.91. The van der Waals surface area contributed by atoms with E-state index in [0.717, 1.165) is 23.3 Å². The topological polar surface area (TPSA) is 40.5 Å². The molecule has 1 aromatic heterocycles. The van der Waals surface area contributed by atoms with E-state index >= 15 is 0 Å². The van der Waals surface area contributed by atoms with Gasteiger partial charge in [-0.05, 0) is 29.9 Å². The Morgan fingerprint density at radius 2 is 2.19 bits per heavy atom. The molecule has 1 aliphatic rings. The van der Waals surface area contributed by atoms with Crippen molar-refractivity contribution in [2.24, 2.45) is 5.41 Å². The van der Waals surface area contributed by atoms with Crippen LogP contribution in [0, 0.1) is 17.3 Å². The van der Waals surface area contributed by atoms with Crippen LogP contribution in [0.2, 0.25) is 0 Å². The molecule has 0 radical (unpaired) electrons. The summed E-state index contributed by atoms with van der Waals surface area (Å²) in [5.41, 5.74) is 0.972. The van der Waals surface area contributed by atoms with Crippen molar-refractivity contribution in [3.05, 3.63) is 21.9 Å². The highest BCUT2D eigenvalue weighted by molar-refractivity contribution is 7.10. The van der Waals surface area contributed by atoms with Gasteiger partial charge in [0, 0.05) is 25.4 Å². The van der Waals surface area contributed by atoms with Crippen LogP contribution in [0.25, 0.3) is 0 Å². The lowest BCUT2D eigenvalue weighted by Gasteiger charge is -2.28. The molecule has 0 spiro atoms. The van der Waals surface area contributed by atoms with Crippen LogP contribution in [0.15, 0.2) is 11.4 Å². The van der Waals surface area contributed by atoms with Gasteiger partial charge >= 0.3 is 0 Å². The lowest BCUT2D eigenvalue weighted by molar-refractivity contribution is -0.140. The second-order valence-corrected chi connectivity index (χ2v) is 6.93. The van der Waals surface area contributed by atoms with Gasteiger partial charge in [0.15, 0.2) is 0 Å². The Labute approximate surface area is 131 Å². The van der Waals surface area contributed by atoms with Gasteiger partial charge < -0.3 is 10.0 Å². The molecule has 1 aliphatic carbocycles. The summed E-state index contributed by atoms with van der Waals surface area (Å²) in [4.78, 5) is 15.4. The number of hydrogen-bond acceptors (Lipinski definition) is 3. The van der Waals surface area contributed by atoms with E-state index in [2.05, 4.69) is 24.1 Å². The van der Waals surface area contributed by atoms with E-state index in [0.29, 0.717) is 13.0 Å². The fourth-order valence-corrected chi connectivity index (χ4v) is 3.68. The first-order valence-electron chi connectivity index (χ1n) is 7.48. The Morgan fingerprint density at radius 3 is 2.86 bits per heavy atom. The van der Waals surface area contributed by atoms with E-state index in [9.17, 15) is 4.79 Å². The van der Waals surface area contributed by atoms with Crippen LogP contribution < -0.4 is 0 Å². The number of carbonyl (C=O) groups is 1. The van der Waals surface area contributed by atoms with Gasteiger partial charge in [0.25, 0.3) is 0 Å². The third-order valence-electron chi connectivity index (χ3n) is 4.09. The largest absolute Gasteiger partial charge is 0.395 e. The number of thiophene rings is 1. The second kappa shape index (κ2) is 7.11. The molecule has 1 N–H and O–H groups in total. The van der Waals surface area contributed by atoms with Crippen LogP contribution in [0.4, 0.5) is 0 Å². The molecule has 0 unspecified atom stereocenters. The Balaban J connectivity index is 1.95. The zero-order chi connectivity index (χ0) is 15.3. The lowest BCUT2D eigenvalue weighted by atomic mass is 9.87. The van der Waals surface area contributed by atoms with Crippen molar-refractivity contribution in [2.75, 3.05) is 13.7 Å². The molecular formula is C17H23NO2S. The van der Waals surface area contributed by atoms with Gasteiger partial charge in [0.05, 0.1) is 11.5 Å². The molecule has 1 heterocycles. The first kappa shape index (κ1) is 16.1. The summed E-state index contributed by atoms with van der Waals surface area (Å²) in [5.74, 6) is 6.22. The van der Waals surface area contributed by atoms with Crippen LogP contribution in [-0.4, -0.2) is 29.6 Å². The maximum absolute atomic E-state index is 12.6. The average Bonchev–Trinajstić information content (AvgIpc) is 3.08. The van der Waals surface area contributed by atoms with Crippen LogP contribution in [0.1, 0.15) is 49.5 Å². The Bertz CT molecular complexity index is 547. The predicted molar refractivity (Wildman–Crippen MR) is 85.9 cm³/mol. The normalized spacial score (nSPS) is 16.3. The summed E-state index contributed by atoms with van der Waals surface area (Å²) >= 11 is 1.59. The van der Waals surface area contributed by atoms with Gasteiger partial charge in [-0.3, -0.25) is 4.79 Å². The predicted octanol–water partition coefficient (Wildman–Crippen LogP) is 3.02. The molecule has 21 heavy (non-hydrogen) atoms. The molecule has 3 nitrogen and oxygen atoms in total. The maximum Gasteiger partial charge on any atom is 0.228 e. The Morgan fingerprint density at radius 1 is 1.48 bits per heavy atom. The minimum Gasteiger partial charge on any atom is -0.395 e. The number of carbonyl (C=O) groups excluding carboxylic acids is 1. The number of nitrogens with zero attached hydrogens (tertiary/aromatic N) is 1. The van der Waals surface area contributed by atoms with Crippen molar-refractivity contribution in [1.82, 2.24) is 4.90 Å². The van der Waals surface area contributed by atoms with Crippen LogP contribution in [0.3, 0.4) is 0 Å². The molecule has 0 bridgehead atoms. The van der Waals surface area contributed by atoms with Crippen molar-refractivity contribution in [1.29, 1.82) is 0 Å².